The fourth-order valence-electron chi connectivity index (χ4n) is 7.04. The van der Waals surface area contributed by atoms with Crippen LogP contribution < -0.4 is 0 Å². The van der Waals surface area contributed by atoms with E-state index in [1.54, 1.807) is 0 Å². The van der Waals surface area contributed by atoms with Gasteiger partial charge in [0.05, 0.1) is 18.0 Å². The molecule has 1 heterocycles. The van der Waals surface area contributed by atoms with Crippen molar-refractivity contribution in [1.82, 2.24) is 9.97 Å². The van der Waals surface area contributed by atoms with E-state index in [1.807, 2.05) is 48.5 Å². The van der Waals surface area contributed by atoms with Crippen LogP contribution in [0.5, 0.6) is 0 Å². The standard InChI is InChI=1S/C49H31N3/c1-50-42-26-24-34(25-27-42)46-31-41(29-39-17-9-11-19-44(39)46)40-28-38-16-8-10-18-43(38)45(30-40)33-20-22-36(23-21-33)48-32-47(35-12-4-2-5-13-35)51-49(52-48)37-14-6-3-7-15-37/h2-32H. The minimum atomic E-state index is 0.641. The summed E-state index contributed by atoms with van der Waals surface area (Å²) in [5.74, 6) is 0.705. The number of aromatic nitrogens is 2. The molecular formula is C49H31N3. The van der Waals surface area contributed by atoms with Crippen molar-refractivity contribution in [1.29, 1.82) is 0 Å². The molecule has 3 heteroatoms. The summed E-state index contributed by atoms with van der Waals surface area (Å²) in [6.07, 6.45) is 0. The van der Waals surface area contributed by atoms with E-state index in [9.17, 15) is 0 Å². The number of nitrogens with zero attached hydrogens (tertiary/aromatic N) is 3. The zero-order valence-electron chi connectivity index (χ0n) is 28.2. The summed E-state index contributed by atoms with van der Waals surface area (Å²) in [7, 11) is 0. The van der Waals surface area contributed by atoms with Gasteiger partial charge in [0.2, 0.25) is 0 Å². The summed E-state index contributed by atoms with van der Waals surface area (Å²) < 4.78 is 0. The van der Waals surface area contributed by atoms with Crippen LogP contribution >= 0.6 is 0 Å². The molecule has 0 bridgehead atoms. The van der Waals surface area contributed by atoms with Crippen LogP contribution in [-0.4, -0.2) is 9.97 Å². The molecule has 0 fully saturated rings. The summed E-state index contributed by atoms with van der Waals surface area (Å²) in [5, 5.41) is 4.76. The SMILES string of the molecule is [C-]#[N+]c1ccc(-c2cc(-c3cc(-c4ccc(-c5cc(-c6ccccc6)nc(-c6ccccc6)n5)cc4)c4ccccc4c3)cc3ccccc23)cc1. The van der Waals surface area contributed by atoms with E-state index in [2.05, 4.69) is 144 Å². The second-order valence-electron chi connectivity index (χ2n) is 12.9. The highest BCUT2D eigenvalue weighted by Crippen LogP contribution is 2.39. The molecule has 0 saturated carbocycles. The maximum atomic E-state index is 7.41. The van der Waals surface area contributed by atoms with Crippen LogP contribution in [0.4, 0.5) is 5.69 Å². The molecule has 0 amide bonds. The highest BCUT2D eigenvalue weighted by molar-refractivity contribution is 6.04. The maximum absolute atomic E-state index is 7.41. The average molecular weight is 662 g/mol. The summed E-state index contributed by atoms with van der Waals surface area (Å²) in [5.41, 5.74) is 12.3. The van der Waals surface area contributed by atoms with Gasteiger partial charge in [0.15, 0.2) is 11.5 Å². The van der Waals surface area contributed by atoms with Gasteiger partial charge < -0.3 is 0 Å². The van der Waals surface area contributed by atoms with E-state index in [0.717, 1.165) is 55.9 Å². The Labute approximate surface area is 303 Å². The number of hydrogen-bond acceptors (Lipinski definition) is 2. The first-order chi connectivity index (χ1) is 25.7. The van der Waals surface area contributed by atoms with Crippen molar-refractivity contribution in [3.8, 4) is 67.3 Å². The molecule has 0 radical (unpaired) electrons. The molecule has 9 aromatic rings. The Kier molecular flexibility index (Phi) is 7.89. The van der Waals surface area contributed by atoms with E-state index in [-0.39, 0.29) is 0 Å². The van der Waals surface area contributed by atoms with Gasteiger partial charge in [-0.05, 0) is 85.3 Å². The predicted molar refractivity (Wildman–Crippen MR) is 216 cm³/mol. The number of fused-ring (bicyclic) bond motifs is 2. The third kappa shape index (κ3) is 5.89. The van der Waals surface area contributed by atoms with Gasteiger partial charge in [-0.2, -0.15) is 0 Å². The van der Waals surface area contributed by atoms with E-state index in [4.69, 9.17) is 16.5 Å². The molecule has 0 saturated heterocycles. The lowest BCUT2D eigenvalue weighted by Gasteiger charge is -2.15. The van der Waals surface area contributed by atoms with E-state index in [1.165, 1.54) is 27.1 Å². The molecule has 0 aliphatic carbocycles. The molecule has 0 aliphatic rings. The van der Waals surface area contributed by atoms with Crippen molar-refractivity contribution < 1.29 is 0 Å². The van der Waals surface area contributed by atoms with Crippen LogP contribution in [0.15, 0.2) is 188 Å². The summed E-state index contributed by atoms with van der Waals surface area (Å²) in [6.45, 7) is 7.41. The molecule has 1 aromatic heterocycles. The topological polar surface area (TPSA) is 30.1 Å². The smallest absolute Gasteiger partial charge is 0.187 e. The Morgan fingerprint density at radius 3 is 1.29 bits per heavy atom. The Morgan fingerprint density at radius 1 is 0.346 bits per heavy atom. The molecule has 0 spiro atoms. The van der Waals surface area contributed by atoms with E-state index < -0.39 is 0 Å². The van der Waals surface area contributed by atoms with Gasteiger partial charge in [-0.15, -0.1) is 0 Å². The number of hydrogen-bond donors (Lipinski definition) is 0. The van der Waals surface area contributed by atoms with Gasteiger partial charge in [0.1, 0.15) is 0 Å². The van der Waals surface area contributed by atoms with Crippen molar-refractivity contribution in [2.24, 2.45) is 0 Å². The van der Waals surface area contributed by atoms with Crippen molar-refractivity contribution >= 4 is 27.2 Å². The van der Waals surface area contributed by atoms with Crippen LogP contribution in [-0.2, 0) is 0 Å². The highest BCUT2D eigenvalue weighted by Gasteiger charge is 2.14. The fraction of sp³-hybridized carbons (Fsp3) is 0. The lowest BCUT2D eigenvalue weighted by molar-refractivity contribution is 1.18. The first-order valence-electron chi connectivity index (χ1n) is 17.3. The molecule has 52 heavy (non-hydrogen) atoms. The predicted octanol–water partition coefficient (Wildman–Crippen LogP) is 13.3. The quantitative estimate of drug-likeness (QED) is 0.166. The first kappa shape index (κ1) is 30.9. The van der Waals surface area contributed by atoms with Crippen molar-refractivity contribution in [2.45, 2.75) is 0 Å². The molecule has 0 atom stereocenters. The van der Waals surface area contributed by atoms with Crippen molar-refractivity contribution in [2.75, 3.05) is 0 Å². The minimum Gasteiger partial charge on any atom is -0.238 e. The van der Waals surface area contributed by atoms with E-state index >= 15 is 0 Å². The second-order valence-corrected chi connectivity index (χ2v) is 12.9. The monoisotopic (exact) mass is 661 g/mol. The average Bonchev–Trinajstić information content (AvgIpc) is 3.23. The van der Waals surface area contributed by atoms with Gasteiger partial charge in [0.25, 0.3) is 0 Å². The first-order valence-corrected chi connectivity index (χ1v) is 17.3. The van der Waals surface area contributed by atoms with Crippen LogP contribution in [0.3, 0.4) is 0 Å². The third-order valence-electron chi connectivity index (χ3n) is 9.68. The molecule has 8 aromatic carbocycles. The van der Waals surface area contributed by atoms with Crippen LogP contribution in [0.2, 0.25) is 0 Å². The lowest BCUT2D eigenvalue weighted by atomic mass is 9.89. The molecule has 0 N–H and O–H groups in total. The Hall–Kier alpha value is -7.15. The normalized spacial score (nSPS) is 11.1. The van der Waals surface area contributed by atoms with Gasteiger partial charge in [-0.1, -0.05) is 158 Å². The molecular weight excluding hydrogens is 631 g/mol. The second kappa shape index (κ2) is 13.3. The zero-order chi connectivity index (χ0) is 34.9. The van der Waals surface area contributed by atoms with Gasteiger partial charge in [-0.3, -0.25) is 0 Å². The molecule has 0 aliphatic heterocycles. The number of benzene rings is 8. The van der Waals surface area contributed by atoms with Crippen molar-refractivity contribution in [3.63, 3.8) is 0 Å². The van der Waals surface area contributed by atoms with Crippen LogP contribution in [0, 0.1) is 6.57 Å². The largest absolute Gasteiger partial charge is 0.238 e. The number of rotatable bonds is 6. The van der Waals surface area contributed by atoms with Crippen LogP contribution in [0.1, 0.15) is 0 Å². The fourth-order valence-corrected chi connectivity index (χ4v) is 7.04. The van der Waals surface area contributed by atoms with Gasteiger partial charge >= 0.3 is 0 Å². The van der Waals surface area contributed by atoms with Crippen molar-refractivity contribution in [3.05, 3.63) is 199 Å². The van der Waals surface area contributed by atoms with E-state index in [0.29, 0.717) is 11.5 Å². The summed E-state index contributed by atoms with van der Waals surface area (Å²) in [6, 6.07) is 65.5. The Bertz CT molecular complexity index is 2710. The third-order valence-corrected chi connectivity index (χ3v) is 9.68. The zero-order valence-corrected chi connectivity index (χ0v) is 28.2. The van der Waals surface area contributed by atoms with Gasteiger partial charge in [-0.25, -0.2) is 14.8 Å². The Balaban J connectivity index is 1.16. The minimum absolute atomic E-state index is 0.641. The molecule has 9 rings (SSSR count). The molecule has 242 valence electrons. The van der Waals surface area contributed by atoms with Gasteiger partial charge in [0, 0.05) is 16.7 Å². The molecule has 3 nitrogen and oxygen atoms in total. The summed E-state index contributed by atoms with van der Waals surface area (Å²) in [4.78, 5) is 13.6. The lowest BCUT2D eigenvalue weighted by Crippen LogP contribution is -1.95. The van der Waals surface area contributed by atoms with Crippen LogP contribution in [0.25, 0.3) is 93.7 Å². The maximum Gasteiger partial charge on any atom is 0.187 e. The highest BCUT2D eigenvalue weighted by atomic mass is 14.9. The Morgan fingerprint density at radius 2 is 0.769 bits per heavy atom. The summed E-state index contributed by atoms with van der Waals surface area (Å²) >= 11 is 0. The molecule has 0 unspecified atom stereocenters.